The van der Waals surface area contributed by atoms with Gasteiger partial charge in [0.05, 0.1) is 98.4 Å². The number of sulfone groups is 1. The number of ether oxygens (including phenoxy) is 9. The van der Waals surface area contributed by atoms with Gasteiger partial charge in [0, 0.05) is 31.6 Å². The Morgan fingerprint density at radius 1 is 0.686 bits per heavy atom. The summed E-state index contributed by atoms with van der Waals surface area (Å²) in [6.07, 6.45) is 10.1. The van der Waals surface area contributed by atoms with Crippen molar-refractivity contribution in [2.45, 2.75) is 63.6 Å². The predicted molar refractivity (Wildman–Crippen MR) is 186 cm³/mol. The average molecular weight is 748 g/mol. The summed E-state index contributed by atoms with van der Waals surface area (Å²) in [5.41, 5.74) is 0.286. The Balaban J connectivity index is 1.74. The smallest absolute Gasteiger partial charge is 0.388 e. The molecule has 0 aliphatic rings. The van der Waals surface area contributed by atoms with Crippen LogP contribution in [0.1, 0.15) is 52.0 Å². The highest BCUT2D eigenvalue weighted by Crippen LogP contribution is 2.08. The second-order valence-electron chi connectivity index (χ2n) is 11.9. The number of unbranched alkanes of at least 4 members (excludes halogenated alkanes) is 2. The number of esters is 1. The molecule has 1 amide bonds. The van der Waals surface area contributed by atoms with E-state index in [2.05, 4.69) is 27.3 Å². The van der Waals surface area contributed by atoms with Gasteiger partial charge in [0.2, 0.25) is 20.9 Å². The number of rotatable bonds is 31. The fourth-order valence-electron chi connectivity index (χ4n) is 3.76. The van der Waals surface area contributed by atoms with Crippen LogP contribution in [0.3, 0.4) is 0 Å². The van der Waals surface area contributed by atoms with E-state index in [0.717, 1.165) is 37.5 Å². The summed E-state index contributed by atoms with van der Waals surface area (Å²) in [4.78, 5) is 31.1. The van der Waals surface area contributed by atoms with E-state index in [-0.39, 0.29) is 17.7 Å². The van der Waals surface area contributed by atoms with Crippen molar-refractivity contribution in [3.05, 3.63) is 18.0 Å². The second kappa shape index (κ2) is 29.6. The van der Waals surface area contributed by atoms with Crippen LogP contribution in [-0.4, -0.2) is 148 Å². The Morgan fingerprint density at radius 2 is 1.14 bits per heavy atom. The molecule has 0 unspecified atom stereocenters. The lowest BCUT2D eigenvalue weighted by atomic mass is 10.1. The minimum absolute atomic E-state index is 0.0145. The van der Waals surface area contributed by atoms with E-state index in [1.165, 1.54) is 12.4 Å². The summed E-state index contributed by atoms with van der Waals surface area (Å²) in [5.74, 6) is 1.60. The largest absolute Gasteiger partial charge is 0.450 e. The van der Waals surface area contributed by atoms with Gasteiger partial charge in [-0.05, 0) is 45.6 Å². The maximum atomic E-state index is 12.0. The fourth-order valence-corrected chi connectivity index (χ4v) is 4.25. The third-order valence-corrected chi connectivity index (χ3v) is 7.01. The Hall–Kier alpha value is -2.95. The average Bonchev–Trinajstić information content (AvgIpc) is 3.06. The molecular weight excluding hydrogens is 690 g/mol. The lowest BCUT2D eigenvalue weighted by Gasteiger charge is -2.16. The molecule has 0 bridgehead atoms. The number of carbonyl (C=O) groups excluding carboxylic acids is 2. The van der Waals surface area contributed by atoms with Crippen molar-refractivity contribution in [3.8, 4) is 12.0 Å². The van der Waals surface area contributed by atoms with Crippen molar-refractivity contribution >= 4 is 21.7 Å². The van der Waals surface area contributed by atoms with Crippen LogP contribution in [-0.2, 0) is 68.5 Å². The first-order chi connectivity index (χ1) is 24.5. The van der Waals surface area contributed by atoms with E-state index in [0.29, 0.717) is 105 Å². The van der Waals surface area contributed by atoms with Gasteiger partial charge in [0.25, 0.3) is 0 Å². The molecule has 0 fully saturated rings. The van der Waals surface area contributed by atoms with E-state index in [4.69, 9.17) is 42.6 Å². The summed E-state index contributed by atoms with van der Waals surface area (Å²) in [6, 6.07) is 0. The van der Waals surface area contributed by atoms with Crippen LogP contribution < -0.4 is 5.32 Å². The molecule has 16 nitrogen and oxygen atoms in total. The molecule has 0 aromatic carbocycles. The van der Waals surface area contributed by atoms with Gasteiger partial charge in [-0.2, -0.15) is 0 Å². The standard InChI is InChI=1S/C34H57N3O13S/c1-34(2,3)50-32(39)10-12-42-14-16-44-18-20-46-22-24-48-26-27-49-25-23-47-21-19-45-17-15-43-13-11-35-31(38)9-7-5-6-8-30-28-36-33(37-29-30)51(4,40)41/h28-29H,5-9,11,13-27H2,1-4H3,(H,35,38). The molecule has 51 heavy (non-hydrogen) atoms. The van der Waals surface area contributed by atoms with E-state index < -0.39 is 21.4 Å². The van der Waals surface area contributed by atoms with E-state index in [9.17, 15) is 18.0 Å². The monoisotopic (exact) mass is 747 g/mol. The van der Waals surface area contributed by atoms with Gasteiger partial charge in [-0.15, -0.1) is 0 Å². The summed E-state index contributed by atoms with van der Waals surface area (Å²) in [5, 5.41) is 2.67. The lowest BCUT2D eigenvalue weighted by molar-refractivity contribution is -0.147. The number of nitrogens with one attached hydrogen (secondary N) is 1. The Kier molecular flexibility index (Phi) is 26.7. The van der Waals surface area contributed by atoms with Crippen LogP contribution in [0.15, 0.2) is 17.6 Å². The minimum Gasteiger partial charge on any atom is -0.450 e. The SMILES string of the molecule is CC(C)(C)OC(=O)C#COCCOCCOCCOCCOCCOCCOCCOCCNC(=O)CCCCCc1cnc(S(C)(=O)=O)nc1. The van der Waals surface area contributed by atoms with Gasteiger partial charge in [-0.3, -0.25) is 4.79 Å². The van der Waals surface area contributed by atoms with E-state index >= 15 is 0 Å². The van der Waals surface area contributed by atoms with Gasteiger partial charge in [-0.1, -0.05) is 6.42 Å². The molecule has 0 aliphatic carbocycles. The van der Waals surface area contributed by atoms with Crippen molar-refractivity contribution < 1.29 is 60.6 Å². The van der Waals surface area contributed by atoms with Crippen molar-refractivity contribution in [3.63, 3.8) is 0 Å². The summed E-state index contributed by atoms with van der Waals surface area (Å²) < 4.78 is 70.9. The first-order valence-electron chi connectivity index (χ1n) is 17.1. The van der Waals surface area contributed by atoms with Gasteiger partial charge in [0.1, 0.15) is 18.3 Å². The van der Waals surface area contributed by atoms with Gasteiger partial charge >= 0.3 is 5.97 Å². The molecule has 1 rings (SSSR count). The van der Waals surface area contributed by atoms with E-state index in [1.54, 1.807) is 20.8 Å². The van der Waals surface area contributed by atoms with Crippen molar-refractivity contribution in [2.24, 2.45) is 0 Å². The van der Waals surface area contributed by atoms with E-state index in [1.807, 2.05) is 0 Å². The first-order valence-corrected chi connectivity index (χ1v) is 19.0. The lowest BCUT2D eigenvalue weighted by Crippen LogP contribution is -2.27. The number of amides is 1. The third-order valence-electron chi connectivity index (χ3n) is 6.14. The minimum atomic E-state index is -3.39. The Bertz CT molecular complexity index is 1220. The van der Waals surface area contributed by atoms with Crippen molar-refractivity contribution in [1.82, 2.24) is 15.3 Å². The van der Waals surface area contributed by atoms with Crippen LogP contribution in [0.4, 0.5) is 0 Å². The molecular formula is C34H57N3O13S. The van der Waals surface area contributed by atoms with Crippen LogP contribution in [0.25, 0.3) is 0 Å². The number of nitrogens with zero attached hydrogens (tertiary/aromatic N) is 2. The topological polar surface area (TPSA) is 189 Å². The zero-order valence-electron chi connectivity index (χ0n) is 30.6. The number of hydrogen-bond donors (Lipinski definition) is 1. The molecule has 0 atom stereocenters. The maximum Gasteiger partial charge on any atom is 0.388 e. The molecule has 0 saturated heterocycles. The molecule has 1 heterocycles. The fraction of sp³-hybridized carbons (Fsp3) is 0.765. The number of hydrogen-bond acceptors (Lipinski definition) is 15. The molecule has 1 aromatic heterocycles. The van der Waals surface area contributed by atoms with Gasteiger partial charge in [-0.25, -0.2) is 23.2 Å². The quantitative estimate of drug-likeness (QED) is 0.0498. The third kappa shape index (κ3) is 30.4. The number of aryl methyl sites for hydroxylation is 1. The van der Waals surface area contributed by atoms with Crippen LogP contribution >= 0.6 is 0 Å². The zero-order chi connectivity index (χ0) is 37.5. The molecule has 0 radical (unpaired) electrons. The molecule has 0 spiro atoms. The Labute approximate surface area is 302 Å². The summed E-state index contributed by atoms with van der Waals surface area (Å²) >= 11 is 0. The molecule has 17 heteroatoms. The summed E-state index contributed by atoms with van der Waals surface area (Å²) in [7, 11) is -3.39. The molecule has 0 saturated carbocycles. The van der Waals surface area contributed by atoms with Gasteiger partial charge < -0.3 is 47.9 Å². The summed E-state index contributed by atoms with van der Waals surface area (Å²) in [6.45, 7) is 12.0. The first kappa shape index (κ1) is 46.1. The highest BCUT2D eigenvalue weighted by molar-refractivity contribution is 7.90. The molecule has 1 aromatic rings. The predicted octanol–water partition coefficient (Wildman–Crippen LogP) is 1.53. The second-order valence-corrected chi connectivity index (χ2v) is 13.8. The normalized spacial score (nSPS) is 11.5. The van der Waals surface area contributed by atoms with Crippen LogP contribution in [0.2, 0.25) is 0 Å². The molecule has 1 N–H and O–H groups in total. The van der Waals surface area contributed by atoms with Crippen molar-refractivity contribution in [1.29, 1.82) is 0 Å². The van der Waals surface area contributed by atoms with Gasteiger partial charge in [0.15, 0.2) is 0 Å². The highest BCUT2D eigenvalue weighted by atomic mass is 32.2. The number of carbonyl (C=O) groups is 2. The molecule has 292 valence electrons. The Morgan fingerprint density at radius 3 is 1.59 bits per heavy atom. The zero-order valence-corrected chi connectivity index (χ0v) is 31.4. The highest BCUT2D eigenvalue weighted by Gasteiger charge is 2.14. The molecule has 0 aliphatic heterocycles. The number of aromatic nitrogens is 2. The van der Waals surface area contributed by atoms with Crippen LogP contribution in [0, 0.1) is 12.0 Å². The van der Waals surface area contributed by atoms with Crippen LogP contribution in [0.5, 0.6) is 0 Å². The maximum absolute atomic E-state index is 12.0. The van der Waals surface area contributed by atoms with Crippen molar-refractivity contribution in [2.75, 3.05) is 112 Å².